The van der Waals surface area contributed by atoms with Crippen molar-refractivity contribution < 1.29 is 14.3 Å². The molecule has 0 saturated carbocycles. The highest BCUT2D eigenvalue weighted by Crippen LogP contribution is 2.27. The second kappa shape index (κ2) is 6.70. The molecule has 2 heterocycles. The fourth-order valence-electron chi connectivity index (χ4n) is 2.68. The highest BCUT2D eigenvalue weighted by Gasteiger charge is 2.32. The number of nitrogens with zero attached hydrogens (tertiary/aromatic N) is 2. The van der Waals surface area contributed by atoms with Crippen molar-refractivity contribution in [1.82, 2.24) is 10.3 Å². The van der Waals surface area contributed by atoms with Gasteiger partial charge in [-0.25, -0.2) is 4.79 Å². The number of aryl methyl sites for hydroxylation is 1. The summed E-state index contributed by atoms with van der Waals surface area (Å²) in [4.78, 5) is 28.7. The number of hydrogen-bond acceptors (Lipinski definition) is 4. The van der Waals surface area contributed by atoms with Gasteiger partial charge in [-0.2, -0.15) is 0 Å². The van der Waals surface area contributed by atoms with Gasteiger partial charge in [0.25, 0.3) is 0 Å². The molecule has 1 aromatic heterocycles. The van der Waals surface area contributed by atoms with E-state index in [-0.39, 0.29) is 12.0 Å². The number of benzene rings is 1. The van der Waals surface area contributed by atoms with Crippen LogP contribution in [0.1, 0.15) is 12.5 Å². The summed E-state index contributed by atoms with van der Waals surface area (Å²) in [7, 11) is 0. The van der Waals surface area contributed by atoms with Gasteiger partial charge in [-0.3, -0.25) is 14.7 Å². The molecule has 0 aliphatic carbocycles. The monoisotopic (exact) mass is 325 g/mol. The minimum atomic E-state index is -0.393. The van der Waals surface area contributed by atoms with Gasteiger partial charge in [0.1, 0.15) is 6.10 Å². The van der Waals surface area contributed by atoms with E-state index in [0.29, 0.717) is 13.1 Å². The molecule has 0 radical (unpaired) electrons. The number of aromatic nitrogens is 1. The molecule has 2 aromatic rings. The second-order valence-electron chi connectivity index (χ2n) is 5.79. The fourth-order valence-corrected chi connectivity index (χ4v) is 2.68. The number of nitrogens with one attached hydrogen (secondary N) is 1. The molecule has 1 aliphatic heterocycles. The van der Waals surface area contributed by atoms with Gasteiger partial charge in [0, 0.05) is 30.6 Å². The Balaban J connectivity index is 1.73. The van der Waals surface area contributed by atoms with Crippen LogP contribution in [0.2, 0.25) is 0 Å². The lowest BCUT2D eigenvalue weighted by molar-refractivity contribution is -0.119. The predicted octanol–water partition coefficient (Wildman–Crippen LogP) is 2.52. The Morgan fingerprint density at radius 1 is 1.33 bits per heavy atom. The third kappa shape index (κ3) is 3.37. The minimum absolute atomic E-state index is 0.138. The van der Waals surface area contributed by atoms with E-state index in [1.54, 1.807) is 11.1 Å². The normalized spacial score (nSPS) is 16.8. The molecule has 1 fully saturated rings. The molecule has 6 heteroatoms. The number of anilines is 1. The quantitative estimate of drug-likeness (QED) is 0.937. The highest BCUT2D eigenvalue weighted by atomic mass is 16.6. The van der Waals surface area contributed by atoms with Crippen LogP contribution < -0.4 is 10.2 Å². The van der Waals surface area contributed by atoms with Crippen LogP contribution in [0.15, 0.2) is 42.7 Å². The fraction of sp³-hybridized carbons (Fsp3) is 0.278. The molecule has 24 heavy (non-hydrogen) atoms. The summed E-state index contributed by atoms with van der Waals surface area (Å²) in [6.45, 7) is 4.22. The Morgan fingerprint density at radius 2 is 2.08 bits per heavy atom. The molecular formula is C18H19N3O3. The van der Waals surface area contributed by atoms with Crippen molar-refractivity contribution in [3.05, 3.63) is 48.3 Å². The van der Waals surface area contributed by atoms with Crippen LogP contribution in [0.25, 0.3) is 11.1 Å². The molecule has 1 saturated heterocycles. The molecular weight excluding hydrogens is 306 g/mol. The third-order valence-electron chi connectivity index (χ3n) is 3.98. The van der Waals surface area contributed by atoms with E-state index in [1.807, 2.05) is 43.5 Å². The molecule has 1 N–H and O–H groups in total. The number of carbonyl (C=O) groups excluding carboxylic acids is 2. The van der Waals surface area contributed by atoms with Crippen molar-refractivity contribution in [2.75, 3.05) is 18.0 Å². The van der Waals surface area contributed by atoms with Gasteiger partial charge in [0.2, 0.25) is 5.91 Å². The Hall–Kier alpha value is -2.89. The van der Waals surface area contributed by atoms with E-state index >= 15 is 0 Å². The van der Waals surface area contributed by atoms with Crippen LogP contribution in [0, 0.1) is 6.92 Å². The van der Waals surface area contributed by atoms with E-state index in [1.165, 1.54) is 6.92 Å². The summed E-state index contributed by atoms with van der Waals surface area (Å²) < 4.78 is 5.28. The zero-order valence-corrected chi connectivity index (χ0v) is 13.7. The van der Waals surface area contributed by atoms with Crippen molar-refractivity contribution >= 4 is 17.7 Å². The molecule has 1 aliphatic rings. The average Bonchev–Trinajstić information content (AvgIpc) is 2.94. The maximum absolute atomic E-state index is 12.0. The van der Waals surface area contributed by atoms with Gasteiger partial charge in [-0.1, -0.05) is 12.1 Å². The summed E-state index contributed by atoms with van der Waals surface area (Å²) in [6, 6.07) is 9.68. The van der Waals surface area contributed by atoms with Crippen LogP contribution in [-0.2, 0) is 9.53 Å². The summed E-state index contributed by atoms with van der Waals surface area (Å²) >= 11 is 0. The predicted molar refractivity (Wildman–Crippen MR) is 90.7 cm³/mol. The molecule has 1 aromatic carbocycles. The largest absolute Gasteiger partial charge is 0.442 e. The summed E-state index contributed by atoms with van der Waals surface area (Å²) in [5.41, 5.74) is 4.03. The number of ether oxygens (including phenoxy) is 1. The maximum Gasteiger partial charge on any atom is 0.414 e. The molecule has 1 atom stereocenters. The number of cyclic esters (lactones) is 1. The number of carbonyl (C=O) groups is 2. The van der Waals surface area contributed by atoms with Crippen molar-refractivity contribution in [3.8, 4) is 11.1 Å². The van der Waals surface area contributed by atoms with Crippen molar-refractivity contribution in [3.63, 3.8) is 0 Å². The van der Waals surface area contributed by atoms with Crippen molar-refractivity contribution in [2.45, 2.75) is 20.0 Å². The van der Waals surface area contributed by atoms with Gasteiger partial charge in [0.15, 0.2) is 0 Å². The first-order valence-corrected chi connectivity index (χ1v) is 7.78. The third-order valence-corrected chi connectivity index (χ3v) is 3.98. The van der Waals surface area contributed by atoms with Gasteiger partial charge >= 0.3 is 6.09 Å². The maximum atomic E-state index is 12.0. The zero-order valence-electron chi connectivity index (χ0n) is 13.7. The molecule has 1 unspecified atom stereocenters. The van der Waals surface area contributed by atoms with Gasteiger partial charge < -0.3 is 10.1 Å². The van der Waals surface area contributed by atoms with Gasteiger partial charge in [-0.15, -0.1) is 0 Å². The number of rotatable bonds is 4. The molecule has 0 spiro atoms. The molecule has 0 bridgehead atoms. The Morgan fingerprint density at radius 3 is 2.75 bits per heavy atom. The van der Waals surface area contributed by atoms with Gasteiger partial charge in [-0.05, 0) is 36.2 Å². The first kappa shape index (κ1) is 16.0. The highest BCUT2D eigenvalue weighted by molar-refractivity contribution is 5.90. The number of pyridine rings is 1. The first-order valence-electron chi connectivity index (χ1n) is 7.78. The van der Waals surface area contributed by atoms with E-state index in [2.05, 4.69) is 10.3 Å². The van der Waals surface area contributed by atoms with E-state index < -0.39 is 6.09 Å². The first-order chi connectivity index (χ1) is 11.5. The SMILES string of the molecule is CC(=O)NCC1CN(c2ccc(-c3cnccc3C)cc2)C(=O)O1. The van der Waals surface area contributed by atoms with E-state index in [4.69, 9.17) is 4.74 Å². The van der Waals surface area contributed by atoms with Crippen molar-refractivity contribution in [1.29, 1.82) is 0 Å². The number of hydrogen-bond donors (Lipinski definition) is 1. The lowest BCUT2D eigenvalue weighted by atomic mass is 10.0. The van der Waals surface area contributed by atoms with E-state index in [9.17, 15) is 9.59 Å². The summed E-state index contributed by atoms with van der Waals surface area (Å²) in [5.74, 6) is -0.138. The van der Waals surface area contributed by atoms with Gasteiger partial charge in [0.05, 0.1) is 13.1 Å². The standard InChI is InChI=1S/C18H19N3O3/c1-12-7-8-19-10-17(12)14-3-5-15(6-4-14)21-11-16(24-18(21)23)9-20-13(2)22/h3-8,10,16H,9,11H2,1-2H3,(H,20,22). The molecule has 6 nitrogen and oxygen atoms in total. The van der Waals surface area contributed by atoms with Crippen LogP contribution in [0.4, 0.5) is 10.5 Å². The smallest absolute Gasteiger partial charge is 0.414 e. The lowest BCUT2D eigenvalue weighted by Gasteiger charge is -2.14. The van der Waals surface area contributed by atoms with Crippen LogP contribution in [-0.4, -0.2) is 36.2 Å². The van der Waals surface area contributed by atoms with Crippen molar-refractivity contribution in [2.24, 2.45) is 0 Å². The lowest BCUT2D eigenvalue weighted by Crippen LogP contribution is -2.33. The van der Waals surface area contributed by atoms with Crippen LogP contribution >= 0.6 is 0 Å². The Kier molecular flexibility index (Phi) is 4.46. The number of amides is 2. The zero-order chi connectivity index (χ0) is 17.1. The molecule has 124 valence electrons. The topological polar surface area (TPSA) is 71.5 Å². The Labute approximate surface area is 140 Å². The minimum Gasteiger partial charge on any atom is -0.442 e. The van der Waals surface area contributed by atoms with E-state index in [0.717, 1.165) is 22.4 Å². The van der Waals surface area contributed by atoms with Crippen LogP contribution in [0.3, 0.4) is 0 Å². The summed E-state index contributed by atoms with van der Waals surface area (Å²) in [5, 5.41) is 2.67. The molecule has 3 rings (SSSR count). The second-order valence-corrected chi connectivity index (χ2v) is 5.79. The van der Waals surface area contributed by atoms with Crippen LogP contribution in [0.5, 0.6) is 0 Å². The molecule has 2 amide bonds. The summed E-state index contributed by atoms with van der Waals surface area (Å²) in [6.07, 6.45) is 2.87. The Bertz CT molecular complexity index is 758. The average molecular weight is 325 g/mol.